The molecular formula is C20H22N4O2. The summed E-state index contributed by atoms with van der Waals surface area (Å²) >= 11 is 0. The van der Waals surface area contributed by atoms with Crippen molar-refractivity contribution in [2.24, 2.45) is 0 Å². The monoisotopic (exact) mass is 350 g/mol. The van der Waals surface area contributed by atoms with Crippen LogP contribution in [0, 0.1) is 13.8 Å². The highest BCUT2D eigenvalue weighted by molar-refractivity contribution is 5.63. The number of anilines is 4. The lowest BCUT2D eigenvalue weighted by atomic mass is 10.2. The minimum absolute atomic E-state index is 0.540. The number of aryl methyl sites for hydroxylation is 2. The Balaban J connectivity index is 1.83. The molecule has 0 bridgehead atoms. The van der Waals surface area contributed by atoms with Gasteiger partial charge in [-0.15, -0.1) is 0 Å². The first-order valence-electron chi connectivity index (χ1n) is 8.26. The molecule has 1 heterocycles. The molecule has 0 aliphatic carbocycles. The van der Waals surface area contributed by atoms with Crippen LogP contribution >= 0.6 is 0 Å². The summed E-state index contributed by atoms with van der Waals surface area (Å²) in [5.74, 6) is 2.57. The molecule has 0 aliphatic rings. The maximum absolute atomic E-state index is 5.34. The third-order valence-electron chi connectivity index (χ3n) is 3.78. The molecule has 6 heteroatoms. The Bertz CT molecular complexity index is 912. The number of benzene rings is 2. The molecule has 26 heavy (non-hydrogen) atoms. The first-order valence-corrected chi connectivity index (χ1v) is 8.26. The van der Waals surface area contributed by atoms with Gasteiger partial charge in [-0.3, -0.25) is 0 Å². The number of hydrogen-bond donors (Lipinski definition) is 2. The SMILES string of the molecule is COc1ccc(Nc2cc(C)nc(Nc3cccc(C)c3)n2)cc1OC. The smallest absolute Gasteiger partial charge is 0.229 e. The minimum atomic E-state index is 0.540. The van der Waals surface area contributed by atoms with E-state index >= 15 is 0 Å². The largest absolute Gasteiger partial charge is 0.493 e. The van der Waals surface area contributed by atoms with E-state index in [0.29, 0.717) is 23.3 Å². The summed E-state index contributed by atoms with van der Waals surface area (Å²) in [6, 6.07) is 15.6. The van der Waals surface area contributed by atoms with Gasteiger partial charge in [0.2, 0.25) is 5.95 Å². The van der Waals surface area contributed by atoms with Gasteiger partial charge in [0.15, 0.2) is 11.5 Å². The molecule has 0 unspecified atom stereocenters. The van der Waals surface area contributed by atoms with Gasteiger partial charge in [-0.2, -0.15) is 4.98 Å². The zero-order chi connectivity index (χ0) is 18.5. The number of nitrogens with zero attached hydrogens (tertiary/aromatic N) is 2. The van der Waals surface area contributed by atoms with Crippen LogP contribution in [-0.4, -0.2) is 24.2 Å². The van der Waals surface area contributed by atoms with E-state index in [1.165, 1.54) is 5.56 Å². The topological polar surface area (TPSA) is 68.3 Å². The van der Waals surface area contributed by atoms with E-state index in [1.54, 1.807) is 14.2 Å². The highest BCUT2D eigenvalue weighted by Crippen LogP contribution is 2.31. The molecule has 0 saturated carbocycles. The summed E-state index contributed by atoms with van der Waals surface area (Å²) in [4.78, 5) is 9.00. The van der Waals surface area contributed by atoms with Crippen LogP contribution in [0.1, 0.15) is 11.3 Å². The third kappa shape index (κ3) is 4.22. The molecule has 3 rings (SSSR count). The van der Waals surface area contributed by atoms with Gasteiger partial charge in [-0.1, -0.05) is 12.1 Å². The predicted octanol–water partition coefficient (Wildman–Crippen LogP) is 4.60. The Morgan fingerprint density at radius 3 is 2.27 bits per heavy atom. The fourth-order valence-corrected chi connectivity index (χ4v) is 2.60. The Labute approximate surface area is 153 Å². The average molecular weight is 350 g/mol. The first-order chi connectivity index (χ1) is 12.6. The van der Waals surface area contributed by atoms with Crippen LogP contribution in [0.4, 0.5) is 23.1 Å². The summed E-state index contributed by atoms with van der Waals surface area (Å²) in [7, 11) is 3.22. The van der Waals surface area contributed by atoms with Gasteiger partial charge in [0.1, 0.15) is 5.82 Å². The molecule has 2 N–H and O–H groups in total. The summed E-state index contributed by atoms with van der Waals surface area (Å²) < 4.78 is 10.6. The molecule has 2 aromatic carbocycles. The molecule has 0 saturated heterocycles. The van der Waals surface area contributed by atoms with Crippen molar-refractivity contribution in [2.45, 2.75) is 13.8 Å². The first kappa shape index (κ1) is 17.5. The van der Waals surface area contributed by atoms with Crippen LogP contribution in [0.25, 0.3) is 0 Å². The Hall–Kier alpha value is -3.28. The van der Waals surface area contributed by atoms with Crippen molar-refractivity contribution in [2.75, 3.05) is 24.9 Å². The van der Waals surface area contributed by atoms with Gasteiger partial charge in [-0.05, 0) is 43.7 Å². The Morgan fingerprint density at radius 1 is 0.769 bits per heavy atom. The standard InChI is InChI=1S/C20H22N4O2/c1-13-6-5-7-15(10-13)23-20-21-14(2)11-19(24-20)22-16-8-9-17(25-3)18(12-16)26-4/h5-12H,1-4H3,(H2,21,22,23,24). The van der Waals surface area contributed by atoms with Crippen molar-refractivity contribution < 1.29 is 9.47 Å². The van der Waals surface area contributed by atoms with Crippen molar-refractivity contribution in [1.29, 1.82) is 0 Å². The molecule has 1 aromatic heterocycles. The number of aromatic nitrogens is 2. The van der Waals surface area contributed by atoms with E-state index in [0.717, 1.165) is 17.1 Å². The van der Waals surface area contributed by atoms with E-state index in [4.69, 9.17) is 9.47 Å². The molecule has 0 aliphatic heterocycles. The van der Waals surface area contributed by atoms with Crippen LogP contribution in [0.5, 0.6) is 11.5 Å². The average Bonchev–Trinajstić information content (AvgIpc) is 2.61. The van der Waals surface area contributed by atoms with Crippen LogP contribution in [0.15, 0.2) is 48.5 Å². The molecule has 0 amide bonds. The lowest BCUT2D eigenvalue weighted by molar-refractivity contribution is 0.355. The van der Waals surface area contributed by atoms with Crippen molar-refractivity contribution in [3.8, 4) is 11.5 Å². The van der Waals surface area contributed by atoms with Crippen LogP contribution in [-0.2, 0) is 0 Å². The summed E-state index contributed by atoms with van der Waals surface area (Å²) in [5, 5.41) is 6.53. The summed E-state index contributed by atoms with van der Waals surface area (Å²) in [6.45, 7) is 3.98. The lowest BCUT2D eigenvalue weighted by Gasteiger charge is -2.12. The molecule has 0 fully saturated rings. The molecule has 134 valence electrons. The third-order valence-corrected chi connectivity index (χ3v) is 3.78. The highest BCUT2D eigenvalue weighted by Gasteiger charge is 2.07. The fourth-order valence-electron chi connectivity index (χ4n) is 2.60. The molecular weight excluding hydrogens is 328 g/mol. The van der Waals surface area contributed by atoms with E-state index in [2.05, 4.69) is 20.6 Å². The van der Waals surface area contributed by atoms with Gasteiger partial charge >= 0.3 is 0 Å². The fraction of sp³-hybridized carbons (Fsp3) is 0.200. The molecule has 0 spiro atoms. The Morgan fingerprint density at radius 2 is 1.54 bits per heavy atom. The lowest BCUT2D eigenvalue weighted by Crippen LogP contribution is -2.02. The molecule has 6 nitrogen and oxygen atoms in total. The second-order valence-corrected chi connectivity index (χ2v) is 5.91. The maximum atomic E-state index is 5.34. The highest BCUT2D eigenvalue weighted by atomic mass is 16.5. The number of methoxy groups -OCH3 is 2. The second kappa shape index (κ2) is 7.74. The van der Waals surface area contributed by atoms with Crippen LogP contribution in [0.2, 0.25) is 0 Å². The van der Waals surface area contributed by atoms with Crippen molar-refractivity contribution in [3.63, 3.8) is 0 Å². The summed E-state index contributed by atoms with van der Waals surface area (Å²) in [5.41, 5.74) is 3.83. The zero-order valence-corrected chi connectivity index (χ0v) is 15.3. The predicted molar refractivity (Wildman–Crippen MR) is 104 cm³/mol. The van der Waals surface area contributed by atoms with Gasteiger partial charge in [0.25, 0.3) is 0 Å². The van der Waals surface area contributed by atoms with Crippen LogP contribution in [0.3, 0.4) is 0 Å². The molecule has 3 aromatic rings. The summed E-state index contributed by atoms with van der Waals surface area (Å²) in [6.07, 6.45) is 0. The zero-order valence-electron chi connectivity index (χ0n) is 15.3. The second-order valence-electron chi connectivity index (χ2n) is 5.91. The van der Waals surface area contributed by atoms with Gasteiger partial charge < -0.3 is 20.1 Å². The number of hydrogen-bond acceptors (Lipinski definition) is 6. The number of nitrogens with one attached hydrogen (secondary N) is 2. The number of rotatable bonds is 6. The van der Waals surface area contributed by atoms with Crippen molar-refractivity contribution in [1.82, 2.24) is 9.97 Å². The normalized spacial score (nSPS) is 10.3. The van der Waals surface area contributed by atoms with Gasteiger partial charge in [0, 0.05) is 29.2 Å². The van der Waals surface area contributed by atoms with Crippen molar-refractivity contribution in [3.05, 3.63) is 59.8 Å². The van der Waals surface area contributed by atoms with Gasteiger partial charge in [-0.25, -0.2) is 4.98 Å². The molecule has 0 radical (unpaired) electrons. The van der Waals surface area contributed by atoms with Gasteiger partial charge in [0.05, 0.1) is 14.2 Å². The molecule has 0 atom stereocenters. The van der Waals surface area contributed by atoms with E-state index in [-0.39, 0.29) is 0 Å². The number of ether oxygens (including phenoxy) is 2. The minimum Gasteiger partial charge on any atom is -0.493 e. The maximum Gasteiger partial charge on any atom is 0.229 e. The quantitative estimate of drug-likeness (QED) is 0.677. The Kier molecular flexibility index (Phi) is 5.22. The van der Waals surface area contributed by atoms with E-state index < -0.39 is 0 Å². The van der Waals surface area contributed by atoms with Crippen molar-refractivity contribution >= 4 is 23.1 Å². The van der Waals surface area contributed by atoms with E-state index in [9.17, 15) is 0 Å². The van der Waals surface area contributed by atoms with Crippen LogP contribution < -0.4 is 20.1 Å². The van der Waals surface area contributed by atoms with E-state index in [1.807, 2.05) is 62.4 Å².